The highest BCUT2D eigenvalue weighted by Crippen LogP contribution is 2.35. The number of piperidine rings is 1. The van der Waals surface area contributed by atoms with Crippen LogP contribution in [0, 0.1) is 19.8 Å². The third kappa shape index (κ3) is 4.20. The number of rotatable bonds is 5. The number of thiophene rings is 1. The van der Waals surface area contributed by atoms with Crippen LogP contribution in [0.25, 0.3) is 21.0 Å². The van der Waals surface area contributed by atoms with Crippen LogP contribution in [0.3, 0.4) is 0 Å². The summed E-state index contributed by atoms with van der Waals surface area (Å²) in [6, 6.07) is 12.4. The zero-order chi connectivity index (χ0) is 23.8. The first-order chi connectivity index (χ1) is 16.4. The van der Waals surface area contributed by atoms with E-state index >= 15 is 0 Å². The largest absolute Gasteiger partial charge is 0.497 e. The molecule has 0 unspecified atom stereocenters. The van der Waals surface area contributed by atoms with Crippen LogP contribution < -0.4 is 9.64 Å². The summed E-state index contributed by atoms with van der Waals surface area (Å²) in [5, 5.41) is 3.46. The summed E-state index contributed by atoms with van der Waals surface area (Å²) in [6.45, 7) is 6.57. The third-order valence-electron chi connectivity index (χ3n) is 7.00. The molecule has 3 heterocycles. The Balaban J connectivity index is 1.24. The highest BCUT2D eigenvalue weighted by atomic mass is 32.1. The van der Waals surface area contributed by atoms with Gasteiger partial charge in [-0.15, -0.1) is 11.3 Å². The van der Waals surface area contributed by atoms with E-state index in [1.807, 2.05) is 24.1 Å². The van der Waals surface area contributed by atoms with Gasteiger partial charge >= 0.3 is 0 Å². The first kappa shape index (κ1) is 22.6. The fourth-order valence-electron chi connectivity index (χ4n) is 4.90. The molecule has 34 heavy (non-hydrogen) atoms. The van der Waals surface area contributed by atoms with Gasteiger partial charge in [-0.25, -0.2) is 9.97 Å². The second kappa shape index (κ2) is 9.22. The topological polar surface area (TPSA) is 58.6 Å². The number of hydrogen-bond donors (Lipinski definition) is 0. The fourth-order valence-corrected chi connectivity index (χ4v) is 5.90. The summed E-state index contributed by atoms with van der Waals surface area (Å²) in [5.41, 5.74) is 2.40. The predicted octanol–water partition coefficient (Wildman–Crippen LogP) is 5.34. The Morgan fingerprint density at radius 3 is 2.62 bits per heavy atom. The van der Waals surface area contributed by atoms with Crippen LogP contribution in [-0.2, 0) is 11.3 Å². The number of carbonyl (C=O) groups excluding carboxylic acids is 1. The van der Waals surface area contributed by atoms with Gasteiger partial charge in [0.15, 0.2) is 0 Å². The van der Waals surface area contributed by atoms with Crippen LogP contribution in [0.5, 0.6) is 5.75 Å². The molecule has 1 fully saturated rings. The van der Waals surface area contributed by atoms with E-state index in [1.165, 1.54) is 15.8 Å². The van der Waals surface area contributed by atoms with Crippen molar-refractivity contribution in [2.45, 2.75) is 33.2 Å². The monoisotopic (exact) mass is 474 g/mol. The molecule has 6 nitrogen and oxygen atoms in total. The molecule has 4 aromatic rings. The van der Waals surface area contributed by atoms with Gasteiger partial charge in [0.1, 0.15) is 22.7 Å². The summed E-state index contributed by atoms with van der Waals surface area (Å²) >= 11 is 1.72. The third-order valence-corrected chi connectivity index (χ3v) is 8.11. The molecule has 1 aliphatic rings. The van der Waals surface area contributed by atoms with Gasteiger partial charge < -0.3 is 14.5 Å². The van der Waals surface area contributed by atoms with E-state index in [0.29, 0.717) is 6.54 Å². The molecule has 2 aromatic heterocycles. The number of nitrogens with zero attached hydrogens (tertiary/aromatic N) is 4. The van der Waals surface area contributed by atoms with Crippen LogP contribution in [0.4, 0.5) is 5.82 Å². The van der Waals surface area contributed by atoms with E-state index in [9.17, 15) is 4.79 Å². The smallest absolute Gasteiger partial charge is 0.225 e. The SMILES string of the molecule is COc1ccc2cc(CN(C)C(=O)C3CCN(c4ncnc5sc(C)c(C)c45)CC3)ccc2c1. The Morgan fingerprint density at radius 2 is 1.85 bits per heavy atom. The lowest BCUT2D eigenvalue weighted by Crippen LogP contribution is -2.41. The average molecular weight is 475 g/mol. The molecule has 1 saturated heterocycles. The van der Waals surface area contributed by atoms with Gasteiger partial charge in [-0.2, -0.15) is 0 Å². The van der Waals surface area contributed by atoms with E-state index in [0.717, 1.165) is 58.7 Å². The summed E-state index contributed by atoms with van der Waals surface area (Å²) in [5.74, 6) is 2.14. The molecule has 0 atom stereocenters. The maximum absolute atomic E-state index is 13.2. The van der Waals surface area contributed by atoms with Crippen LogP contribution in [-0.4, -0.2) is 48.0 Å². The van der Waals surface area contributed by atoms with E-state index in [2.05, 4.69) is 53.0 Å². The van der Waals surface area contributed by atoms with E-state index < -0.39 is 0 Å². The fraction of sp³-hybridized carbons (Fsp3) is 0.370. The van der Waals surface area contributed by atoms with Crippen molar-refractivity contribution < 1.29 is 9.53 Å². The van der Waals surface area contributed by atoms with Gasteiger partial charge in [0.2, 0.25) is 5.91 Å². The summed E-state index contributed by atoms with van der Waals surface area (Å²) in [4.78, 5) is 28.9. The Morgan fingerprint density at radius 1 is 1.12 bits per heavy atom. The number of aryl methyl sites for hydroxylation is 2. The second-order valence-corrected chi connectivity index (χ2v) is 10.4. The molecule has 0 bridgehead atoms. The van der Waals surface area contributed by atoms with Crippen molar-refractivity contribution in [3.8, 4) is 5.75 Å². The number of benzene rings is 2. The molecule has 1 aliphatic heterocycles. The first-order valence-corrected chi connectivity index (χ1v) is 12.5. The second-order valence-electron chi connectivity index (χ2n) is 9.16. The number of amides is 1. The van der Waals surface area contributed by atoms with Crippen LogP contribution in [0.15, 0.2) is 42.7 Å². The quantitative estimate of drug-likeness (QED) is 0.391. The van der Waals surface area contributed by atoms with Crippen molar-refractivity contribution in [1.82, 2.24) is 14.9 Å². The molecule has 1 amide bonds. The molecule has 0 saturated carbocycles. The molecule has 176 valence electrons. The number of methoxy groups -OCH3 is 1. The lowest BCUT2D eigenvalue weighted by molar-refractivity contribution is -0.135. The van der Waals surface area contributed by atoms with Gasteiger partial charge in [-0.05, 0) is 66.8 Å². The molecular weight excluding hydrogens is 444 g/mol. The molecular formula is C27H30N4O2S. The van der Waals surface area contributed by atoms with Crippen molar-refractivity contribution >= 4 is 44.1 Å². The van der Waals surface area contributed by atoms with Gasteiger partial charge in [-0.3, -0.25) is 4.79 Å². The standard InChI is InChI=1S/C27H30N4O2S/c1-17-18(2)34-26-24(17)25(28-16-29-26)31-11-9-20(10-12-31)27(32)30(3)15-19-5-6-22-14-23(33-4)8-7-21(22)13-19/h5-8,13-14,16,20H,9-12,15H2,1-4H3. The normalized spacial score (nSPS) is 14.6. The number of fused-ring (bicyclic) bond motifs is 2. The van der Waals surface area contributed by atoms with Crippen molar-refractivity contribution in [2.75, 3.05) is 32.1 Å². The van der Waals surface area contributed by atoms with E-state index in [-0.39, 0.29) is 11.8 Å². The summed E-state index contributed by atoms with van der Waals surface area (Å²) in [6.07, 6.45) is 3.35. The number of aromatic nitrogens is 2. The van der Waals surface area contributed by atoms with Gasteiger partial charge in [-0.1, -0.05) is 18.2 Å². The average Bonchev–Trinajstić information content (AvgIpc) is 3.16. The Bertz CT molecular complexity index is 1360. The molecule has 0 N–H and O–H groups in total. The zero-order valence-corrected chi connectivity index (χ0v) is 21.0. The van der Waals surface area contributed by atoms with Gasteiger partial charge in [0.25, 0.3) is 0 Å². The number of hydrogen-bond acceptors (Lipinski definition) is 6. The minimum absolute atomic E-state index is 0.0496. The van der Waals surface area contributed by atoms with E-state index in [4.69, 9.17) is 4.74 Å². The molecule has 0 radical (unpaired) electrons. The molecule has 0 spiro atoms. The van der Waals surface area contributed by atoms with Crippen LogP contribution >= 0.6 is 11.3 Å². The number of ether oxygens (including phenoxy) is 1. The minimum atomic E-state index is 0.0496. The van der Waals surface area contributed by atoms with Crippen molar-refractivity contribution in [3.63, 3.8) is 0 Å². The van der Waals surface area contributed by atoms with Crippen molar-refractivity contribution in [1.29, 1.82) is 0 Å². The van der Waals surface area contributed by atoms with Crippen molar-refractivity contribution in [2.24, 2.45) is 5.92 Å². The van der Waals surface area contributed by atoms with Gasteiger partial charge in [0.05, 0.1) is 12.5 Å². The number of anilines is 1. The highest BCUT2D eigenvalue weighted by Gasteiger charge is 2.29. The molecule has 0 aliphatic carbocycles. The zero-order valence-electron chi connectivity index (χ0n) is 20.2. The summed E-state index contributed by atoms with van der Waals surface area (Å²) in [7, 11) is 3.59. The molecule has 5 rings (SSSR count). The minimum Gasteiger partial charge on any atom is -0.497 e. The van der Waals surface area contributed by atoms with Gasteiger partial charge in [0, 0.05) is 37.5 Å². The molecule has 2 aromatic carbocycles. The predicted molar refractivity (Wildman–Crippen MR) is 139 cm³/mol. The Kier molecular flexibility index (Phi) is 6.13. The first-order valence-electron chi connectivity index (χ1n) is 11.7. The summed E-state index contributed by atoms with van der Waals surface area (Å²) < 4.78 is 5.32. The van der Waals surface area contributed by atoms with Crippen LogP contribution in [0.1, 0.15) is 28.8 Å². The lowest BCUT2D eigenvalue weighted by Gasteiger charge is -2.34. The van der Waals surface area contributed by atoms with E-state index in [1.54, 1.807) is 24.8 Å². The highest BCUT2D eigenvalue weighted by molar-refractivity contribution is 7.18. The maximum atomic E-state index is 13.2. The Hall–Kier alpha value is -3.19. The number of carbonyl (C=O) groups is 1. The Labute approximate surface area is 204 Å². The lowest BCUT2D eigenvalue weighted by atomic mass is 9.95. The molecule has 7 heteroatoms. The maximum Gasteiger partial charge on any atom is 0.225 e. The van der Waals surface area contributed by atoms with Crippen molar-refractivity contribution in [3.05, 3.63) is 58.7 Å². The van der Waals surface area contributed by atoms with Crippen LogP contribution in [0.2, 0.25) is 0 Å².